The SMILES string of the molecule is Cc1ccc(C(=O)NC(C)(C)C)cc1NC(=O)c1ccccc1. The van der Waals surface area contributed by atoms with Crippen molar-refractivity contribution in [2.24, 2.45) is 0 Å². The molecule has 0 aliphatic rings. The Balaban J connectivity index is 2.21. The highest BCUT2D eigenvalue weighted by Gasteiger charge is 2.16. The van der Waals surface area contributed by atoms with Crippen molar-refractivity contribution in [3.63, 3.8) is 0 Å². The zero-order valence-corrected chi connectivity index (χ0v) is 13.9. The van der Waals surface area contributed by atoms with E-state index in [4.69, 9.17) is 0 Å². The third kappa shape index (κ3) is 4.68. The van der Waals surface area contributed by atoms with Crippen LogP contribution in [0, 0.1) is 6.92 Å². The van der Waals surface area contributed by atoms with E-state index in [2.05, 4.69) is 10.6 Å². The maximum atomic E-state index is 12.3. The molecule has 0 saturated heterocycles. The van der Waals surface area contributed by atoms with E-state index >= 15 is 0 Å². The quantitative estimate of drug-likeness (QED) is 0.906. The lowest BCUT2D eigenvalue weighted by atomic mass is 10.1. The molecule has 120 valence electrons. The maximum Gasteiger partial charge on any atom is 0.255 e. The van der Waals surface area contributed by atoms with Gasteiger partial charge >= 0.3 is 0 Å². The monoisotopic (exact) mass is 310 g/mol. The van der Waals surface area contributed by atoms with Crippen LogP contribution in [0.4, 0.5) is 5.69 Å². The van der Waals surface area contributed by atoms with Gasteiger partial charge in [-0.25, -0.2) is 0 Å². The number of amides is 2. The fraction of sp³-hybridized carbons (Fsp3) is 0.263. The van der Waals surface area contributed by atoms with Gasteiger partial charge in [-0.3, -0.25) is 9.59 Å². The molecule has 0 aromatic heterocycles. The van der Waals surface area contributed by atoms with Crippen molar-refractivity contribution in [2.45, 2.75) is 33.2 Å². The fourth-order valence-corrected chi connectivity index (χ4v) is 2.09. The van der Waals surface area contributed by atoms with Gasteiger partial charge in [0.25, 0.3) is 11.8 Å². The molecule has 0 saturated carbocycles. The Morgan fingerprint density at radius 3 is 2.13 bits per heavy atom. The predicted octanol–water partition coefficient (Wildman–Crippen LogP) is 3.78. The molecular formula is C19H22N2O2. The highest BCUT2D eigenvalue weighted by Crippen LogP contribution is 2.18. The molecule has 2 aromatic rings. The van der Waals surface area contributed by atoms with Crippen molar-refractivity contribution >= 4 is 17.5 Å². The molecule has 0 aliphatic heterocycles. The average molecular weight is 310 g/mol. The van der Waals surface area contributed by atoms with E-state index in [1.54, 1.807) is 24.3 Å². The van der Waals surface area contributed by atoms with Crippen LogP contribution in [-0.4, -0.2) is 17.4 Å². The molecule has 2 aromatic carbocycles. The molecule has 0 heterocycles. The number of anilines is 1. The number of hydrogen-bond acceptors (Lipinski definition) is 2. The number of hydrogen-bond donors (Lipinski definition) is 2. The second-order valence-electron chi connectivity index (χ2n) is 6.55. The smallest absolute Gasteiger partial charge is 0.255 e. The van der Waals surface area contributed by atoms with Gasteiger partial charge in [-0.1, -0.05) is 24.3 Å². The Morgan fingerprint density at radius 1 is 0.870 bits per heavy atom. The third-order valence-corrected chi connectivity index (χ3v) is 3.27. The minimum atomic E-state index is -0.310. The summed E-state index contributed by atoms with van der Waals surface area (Å²) in [6.07, 6.45) is 0. The van der Waals surface area contributed by atoms with Gasteiger partial charge in [0, 0.05) is 22.4 Å². The molecule has 4 heteroatoms. The summed E-state index contributed by atoms with van der Waals surface area (Å²) in [6, 6.07) is 14.3. The molecule has 23 heavy (non-hydrogen) atoms. The number of nitrogens with one attached hydrogen (secondary N) is 2. The zero-order chi connectivity index (χ0) is 17.0. The molecule has 0 fully saturated rings. The first-order valence-corrected chi connectivity index (χ1v) is 7.56. The van der Waals surface area contributed by atoms with Crippen LogP contribution >= 0.6 is 0 Å². The van der Waals surface area contributed by atoms with E-state index in [0.717, 1.165) is 5.56 Å². The molecule has 0 aliphatic carbocycles. The van der Waals surface area contributed by atoms with Gasteiger partial charge in [0.1, 0.15) is 0 Å². The topological polar surface area (TPSA) is 58.2 Å². The first kappa shape index (κ1) is 16.7. The first-order chi connectivity index (χ1) is 10.8. The van der Waals surface area contributed by atoms with Gasteiger partial charge in [0.05, 0.1) is 0 Å². The Kier molecular flexibility index (Phi) is 4.84. The van der Waals surface area contributed by atoms with E-state index in [0.29, 0.717) is 16.8 Å². The lowest BCUT2D eigenvalue weighted by molar-refractivity contribution is 0.0918. The van der Waals surface area contributed by atoms with Crippen LogP contribution in [0.1, 0.15) is 47.1 Å². The standard InChI is InChI=1S/C19H22N2O2/c1-13-10-11-15(18(23)21-19(2,3)4)12-16(13)20-17(22)14-8-6-5-7-9-14/h5-12H,1-4H3,(H,20,22)(H,21,23). The molecule has 0 atom stereocenters. The summed E-state index contributed by atoms with van der Waals surface area (Å²) in [7, 11) is 0. The highest BCUT2D eigenvalue weighted by molar-refractivity contribution is 6.05. The largest absolute Gasteiger partial charge is 0.347 e. The van der Waals surface area contributed by atoms with Crippen molar-refractivity contribution in [1.82, 2.24) is 5.32 Å². The molecule has 0 bridgehead atoms. The molecule has 0 unspecified atom stereocenters. The van der Waals surface area contributed by atoms with Crippen molar-refractivity contribution in [3.05, 3.63) is 65.2 Å². The summed E-state index contributed by atoms with van der Waals surface area (Å²) in [5.74, 6) is -0.352. The van der Waals surface area contributed by atoms with E-state index in [1.807, 2.05) is 52.0 Å². The Labute approximate surface area is 136 Å². The van der Waals surface area contributed by atoms with Crippen molar-refractivity contribution in [2.75, 3.05) is 5.32 Å². The van der Waals surface area contributed by atoms with Gasteiger partial charge in [-0.15, -0.1) is 0 Å². The fourth-order valence-electron chi connectivity index (χ4n) is 2.09. The number of carbonyl (C=O) groups is 2. The van der Waals surface area contributed by atoms with Crippen LogP contribution in [0.15, 0.2) is 48.5 Å². The van der Waals surface area contributed by atoms with Gasteiger partial charge in [-0.2, -0.15) is 0 Å². The van der Waals surface area contributed by atoms with Crippen LogP contribution in [0.25, 0.3) is 0 Å². The number of aryl methyl sites for hydroxylation is 1. The average Bonchev–Trinajstić information content (AvgIpc) is 2.48. The second-order valence-corrected chi connectivity index (χ2v) is 6.55. The van der Waals surface area contributed by atoms with Crippen molar-refractivity contribution in [3.8, 4) is 0 Å². The molecular weight excluding hydrogens is 288 g/mol. The Hall–Kier alpha value is -2.62. The molecule has 2 amide bonds. The summed E-state index contributed by atoms with van der Waals surface area (Å²) in [5.41, 5.74) is 2.34. The molecule has 2 rings (SSSR count). The second kappa shape index (κ2) is 6.65. The number of carbonyl (C=O) groups excluding carboxylic acids is 2. The molecule has 2 N–H and O–H groups in total. The summed E-state index contributed by atoms with van der Waals surface area (Å²) in [5, 5.41) is 5.78. The van der Waals surface area contributed by atoms with E-state index in [9.17, 15) is 9.59 Å². The summed E-state index contributed by atoms with van der Waals surface area (Å²) < 4.78 is 0. The lowest BCUT2D eigenvalue weighted by Gasteiger charge is -2.21. The summed E-state index contributed by atoms with van der Waals surface area (Å²) in [4.78, 5) is 24.5. The Bertz CT molecular complexity index is 716. The predicted molar refractivity (Wildman–Crippen MR) is 92.8 cm³/mol. The van der Waals surface area contributed by atoms with E-state index in [-0.39, 0.29) is 17.4 Å². The zero-order valence-electron chi connectivity index (χ0n) is 13.9. The van der Waals surface area contributed by atoms with Gasteiger partial charge in [0.2, 0.25) is 0 Å². The number of benzene rings is 2. The van der Waals surface area contributed by atoms with Crippen LogP contribution in [-0.2, 0) is 0 Å². The van der Waals surface area contributed by atoms with Gasteiger partial charge in [-0.05, 0) is 57.5 Å². The van der Waals surface area contributed by atoms with Gasteiger partial charge < -0.3 is 10.6 Å². The normalized spacial score (nSPS) is 11.0. The van der Waals surface area contributed by atoms with Crippen molar-refractivity contribution in [1.29, 1.82) is 0 Å². The molecule has 0 radical (unpaired) electrons. The van der Waals surface area contributed by atoms with Crippen molar-refractivity contribution < 1.29 is 9.59 Å². The third-order valence-electron chi connectivity index (χ3n) is 3.27. The first-order valence-electron chi connectivity index (χ1n) is 7.56. The highest BCUT2D eigenvalue weighted by atomic mass is 16.2. The lowest BCUT2D eigenvalue weighted by Crippen LogP contribution is -2.40. The summed E-state index contributed by atoms with van der Waals surface area (Å²) >= 11 is 0. The van der Waals surface area contributed by atoms with Gasteiger partial charge in [0.15, 0.2) is 0 Å². The van der Waals surface area contributed by atoms with E-state index < -0.39 is 0 Å². The van der Waals surface area contributed by atoms with Crippen LogP contribution in [0.5, 0.6) is 0 Å². The molecule has 4 nitrogen and oxygen atoms in total. The van der Waals surface area contributed by atoms with Crippen LogP contribution in [0.2, 0.25) is 0 Å². The minimum absolute atomic E-state index is 0.160. The molecule has 0 spiro atoms. The maximum absolute atomic E-state index is 12.3. The Morgan fingerprint density at radius 2 is 1.52 bits per heavy atom. The minimum Gasteiger partial charge on any atom is -0.347 e. The number of rotatable bonds is 3. The van der Waals surface area contributed by atoms with Crippen LogP contribution < -0.4 is 10.6 Å². The summed E-state index contributed by atoms with van der Waals surface area (Å²) in [6.45, 7) is 7.68. The van der Waals surface area contributed by atoms with Crippen LogP contribution in [0.3, 0.4) is 0 Å². The van der Waals surface area contributed by atoms with E-state index in [1.165, 1.54) is 0 Å².